The fourth-order valence-electron chi connectivity index (χ4n) is 1.96. The summed E-state index contributed by atoms with van der Waals surface area (Å²) >= 11 is 6.94. The fourth-order valence-corrected chi connectivity index (χ4v) is 4.20. The quantitative estimate of drug-likeness (QED) is 0.588. The molecule has 2 N–H and O–H groups in total. The molecule has 2 rings (SSSR count). The number of hydrogen-bond acceptors (Lipinski definition) is 7. The topological polar surface area (TPSA) is 111 Å². The van der Waals surface area contributed by atoms with Crippen molar-refractivity contribution in [1.82, 2.24) is 4.72 Å². The van der Waals surface area contributed by atoms with E-state index in [0.717, 1.165) is 11.3 Å². The van der Waals surface area contributed by atoms with E-state index in [1.807, 2.05) is 0 Å². The third kappa shape index (κ3) is 6.51. The fraction of sp³-hybridized carbons (Fsp3) is 0.250. The summed E-state index contributed by atoms with van der Waals surface area (Å²) in [5.41, 5.74) is 0.342. The van der Waals surface area contributed by atoms with Crippen molar-refractivity contribution in [2.45, 2.75) is 10.6 Å². The molecule has 1 heterocycles. The van der Waals surface area contributed by atoms with E-state index >= 15 is 0 Å². The number of amides is 1. The molecule has 1 aromatic carbocycles. The Morgan fingerprint density at radius 3 is 2.70 bits per heavy atom. The molecule has 1 amide bonds. The summed E-state index contributed by atoms with van der Waals surface area (Å²) in [6, 6.07) is 7.76. The monoisotopic (exact) mass is 432 g/mol. The van der Waals surface area contributed by atoms with Crippen molar-refractivity contribution in [3.05, 3.63) is 40.7 Å². The van der Waals surface area contributed by atoms with Gasteiger partial charge in [0.2, 0.25) is 10.0 Å². The normalized spacial score (nSPS) is 11.0. The number of sulfonamides is 1. The van der Waals surface area contributed by atoms with E-state index in [1.165, 1.54) is 19.2 Å². The van der Waals surface area contributed by atoms with E-state index < -0.39 is 28.5 Å². The molecule has 27 heavy (non-hydrogen) atoms. The molecule has 1 aromatic heterocycles. The molecule has 0 aliphatic heterocycles. The minimum Gasteiger partial charge on any atom is -0.495 e. The van der Waals surface area contributed by atoms with Gasteiger partial charge in [-0.2, -0.15) is 0 Å². The molecule has 0 bridgehead atoms. The Morgan fingerprint density at radius 1 is 1.26 bits per heavy atom. The first-order chi connectivity index (χ1) is 12.8. The Labute approximate surface area is 165 Å². The zero-order valence-electron chi connectivity index (χ0n) is 14.2. The number of benzene rings is 1. The number of esters is 1. The van der Waals surface area contributed by atoms with Crippen LogP contribution in [0.3, 0.4) is 0 Å². The molecular formula is C16H17ClN2O6S2. The average molecular weight is 433 g/mol. The highest BCUT2D eigenvalue weighted by Gasteiger charge is 2.16. The van der Waals surface area contributed by atoms with Crippen LogP contribution in [0.25, 0.3) is 0 Å². The van der Waals surface area contributed by atoms with Gasteiger partial charge in [0.15, 0.2) is 6.61 Å². The van der Waals surface area contributed by atoms with Crippen LogP contribution in [-0.2, 0) is 24.3 Å². The Hall–Kier alpha value is -2.14. The summed E-state index contributed by atoms with van der Waals surface area (Å²) in [5.74, 6) is -0.887. The molecule has 0 atom stereocenters. The Kier molecular flexibility index (Phi) is 7.60. The highest BCUT2D eigenvalue weighted by Crippen LogP contribution is 2.27. The Bertz CT molecular complexity index is 900. The van der Waals surface area contributed by atoms with Gasteiger partial charge in [0.25, 0.3) is 5.91 Å². The van der Waals surface area contributed by atoms with E-state index in [-0.39, 0.29) is 17.2 Å². The van der Waals surface area contributed by atoms with Crippen LogP contribution in [0.2, 0.25) is 5.02 Å². The summed E-state index contributed by atoms with van der Waals surface area (Å²) in [6.45, 7) is -0.658. The average Bonchev–Trinajstić information content (AvgIpc) is 3.16. The van der Waals surface area contributed by atoms with Gasteiger partial charge in [-0.25, -0.2) is 13.1 Å². The number of anilines is 1. The number of ether oxygens (including phenoxy) is 2. The molecule has 11 heteroatoms. The standard InChI is InChI=1S/C16H17ClN2O6S2/c1-24-13-5-4-11(17)9-12(13)19-14(20)10-25-15(21)6-7-18-27(22,23)16-3-2-8-26-16/h2-5,8-9,18H,6-7,10H2,1H3,(H,19,20). The van der Waals surface area contributed by atoms with Crippen molar-refractivity contribution >= 4 is 50.5 Å². The van der Waals surface area contributed by atoms with Gasteiger partial charge in [0.1, 0.15) is 9.96 Å². The lowest BCUT2D eigenvalue weighted by atomic mass is 10.3. The second kappa shape index (κ2) is 9.70. The number of thiophene rings is 1. The van der Waals surface area contributed by atoms with Gasteiger partial charge in [-0.1, -0.05) is 17.7 Å². The zero-order valence-corrected chi connectivity index (χ0v) is 16.6. The maximum absolute atomic E-state index is 11.9. The highest BCUT2D eigenvalue weighted by atomic mass is 35.5. The number of carbonyl (C=O) groups is 2. The summed E-state index contributed by atoms with van der Waals surface area (Å²) in [7, 11) is -2.20. The molecule has 0 radical (unpaired) electrons. The third-order valence-electron chi connectivity index (χ3n) is 3.18. The van der Waals surface area contributed by atoms with Crippen LogP contribution in [0.5, 0.6) is 5.75 Å². The second-order valence-electron chi connectivity index (χ2n) is 5.13. The number of halogens is 1. The Balaban J connectivity index is 1.75. The van der Waals surface area contributed by atoms with E-state index in [2.05, 4.69) is 10.0 Å². The van der Waals surface area contributed by atoms with Crippen molar-refractivity contribution in [3.8, 4) is 5.75 Å². The zero-order chi connectivity index (χ0) is 19.9. The third-order valence-corrected chi connectivity index (χ3v) is 6.27. The molecule has 0 aliphatic carbocycles. The lowest BCUT2D eigenvalue weighted by molar-refractivity contribution is -0.147. The number of hydrogen-bond donors (Lipinski definition) is 2. The summed E-state index contributed by atoms with van der Waals surface area (Å²) in [4.78, 5) is 23.6. The van der Waals surface area contributed by atoms with Crippen LogP contribution in [0.15, 0.2) is 39.9 Å². The number of rotatable bonds is 9. The van der Waals surface area contributed by atoms with Crippen molar-refractivity contribution in [2.75, 3.05) is 25.6 Å². The first-order valence-corrected chi connectivity index (χ1v) is 10.4. The predicted octanol–water partition coefficient (Wildman–Crippen LogP) is 2.26. The van der Waals surface area contributed by atoms with Crippen LogP contribution in [0, 0.1) is 0 Å². The largest absolute Gasteiger partial charge is 0.495 e. The van der Waals surface area contributed by atoms with Crippen LogP contribution < -0.4 is 14.8 Å². The highest BCUT2D eigenvalue weighted by molar-refractivity contribution is 7.91. The molecule has 0 aliphatic rings. The predicted molar refractivity (Wildman–Crippen MR) is 102 cm³/mol. The van der Waals surface area contributed by atoms with Gasteiger partial charge in [-0.3, -0.25) is 9.59 Å². The van der Waals surface area contributed by atoms with E-state index in [4.69, 9.17) is 21.1 Å². The smallest absolute Gasteiger partial charge is 0.307 e. The Morgan fingerprint density at radius 2 is 2.04 bits per heavy atom. The van der Waals surface area contributed by atoms with Crippen LogP contribution >= 0.6 is 22.9 Å². The summed E-state index contributed by atoms with van der Waals surface area (Å²) in [6.07, 6.45) is -0.210. The lowest BCUT2D eigenvalue weighted by Gasteiger charge is -2.11. The maximum atomic E-state index is 11.9. The summed E-state index contributed by atoms with van der Waals surface area (Å²) in [5, 5.41) is 4.56. The molecule has 0 saturated heterocycles. The summed E-state index contributed by atoms with van der Waals surface area (Å²) < 4.78 is 36.2. The maximum Gasteiger partial charge on any atom is 0.307 e. The van der Waals surface area contributed by atoms with E-state index in [1.54, 1.807) is 23.6 Å². The number of carbonyl (C=O) groups excluding carboxylic acids is 2. The molecule has 0 saturated carbocycles. The molecule has 2 aromatic rings. The van der Waals surface area contributed by atoms with Gasteiger partial charge in [-0.05, 0) is 29.6 Å². The van der Waals surface area contributed by atoms with Crippen LogP contribution in [0.1, 0.15) is 6.42 Å². The lowest BCUT2D eigenvalue weighted by Crippen LogP contribution is -2.27. The van der Waals surface area contributed by atoms with Crippen molar-refractivity contribution in [1.29, 1.82) is 0 Å². The van der Waals surface area contributed by atoms with Crippen molar-refractivity contribution < 1.29 is 27.5 Å². The molecule has 0 fully saturated rings. The number of methoxy groups -OCH3 is 1. The van der Waals surface area contributed by atoms with E-state index in [0.29, 0.717) is 16.5 Å². The van der Waals surface area contributed by atoms with Gasteiger partial charge in [0, 0.05) is 11.6 Å². The first kappa shape index (κ1) is 21.2. The minimum atomic E-state index is -3.64. The second-order valence-corrected chi connectivity index (χ2v) is 8.51. The molecule has 146 valence electrons. The SMILES string of the molecule is COc1ccc(Cl)cc1NC(=O)COC(=O)CCNS(=O)(=O)c1cccs1. The van der Waals surface area contributed by atoms with Crippen molar-refractivity contribution in [3.63, 3.8) is 0 Å². The van der Waals surface area contributed by atoms with Gasteiger partial charge >= 0.3 is 5.97 Å². The van der Waals surface area contributed by atoms with Gasteiger partial charge < -0.3 is 14.8 Å². The molecule has 8 nitrogen and oxygen atoms in total. The van der Waals surface area contributed by atoms with Crippen LogP contribution in [-0.4, -0.2) is 40.6 Å². The molecule has 0 unspecified atom stereocenters. The van der Waals surface area contributed by atoms with Crippen LogP contribution in [0.4, 0.5) is 5.69 Å². The van der Waals surface area contributed by atoms with E-state index in [9.17, 15) is 18.0 Å². The van der Waals surface area contributed by atoms with Crippen molar-refractivity contribution in [2.24, 2.45) is 0 Å². The minimum absolute atomic E-state index is 0.136. The first-order valence-electron chi connectivity index (χ1n) is 7.64. The number of nitrogens with one attached hydrogen (secondary N) is 2. The molecule has 0 spiro atoms. The van der Waals surface area contributed by atoms with Gasteiger partial charge in [-0.15, -0.1) is 11.3 Å². The molecular weight excluding hydrogens is 416 g/mol. The van der Waals surface area contributed by atoms with Gasteiger partial charge in [0.05, 0.1) is 19.2 Å².